The third-order valence-corrected chi connectivity index (χ3v) is 5.11. The number of hydrogen-bond acceptors (Lipinski definition) is 6. The number of nitrogens with zero attached hydrogens (tertiary/aromatic N) is 3. The Labute approximate surface area is 174 Å². The third kappa shape index (κ3) is 5.56. The number of nitriles is 1. The fourth-order valence-corrected chi connectivity index (χ4v) is 3.52. The zero-order chi connectivity index (χ0) is 20.6. The molecule has 2 aromatic heterocycles. The van der Waals surface area contributed by atoms with Crippen molar-refractivity contribution in [1.82, 2.24) is 9.97 Å². The number of amides is 1. The molecule has 0 bridgehead atoms. The minimum Gasteiger partial charge on any atom is -0.497 e. The van der Waals surface area contributed by atoms with Crippen LogP contribution in [0.5, 0.6) is 5.75 Å². The van der Waals surface area contributed by atoms with Crippen LogP contribution in [0.3, 0.4) is 0 Å². The number of benzene rings is 1. The van der Waals surface area contributed by atoms with Gasteiger partial charge < -0.3 is 10.1 Å². The van der Waals surface area contributed by atoms with Crippen molar-refractivity contribution >= 4 is 23.5 Å². The van der Waals surface area contributed by atoms with Gasteiger partial charge in [-0.1, -0.05) is 0 Å². The second-order valence-electron chi connectivity index (χ2n) is 6.25. The van der Waals surface area contributed by atoms with E-state index in [1.165, 1.54) is 11.8 Å². The van der Waals surface area contributed by atoms with E-state index in [0.717, 1.165) is 22.6 Å². The molecular weight excluding hydrogens is 384 g/mol. The summed E-state index contributed by atoms with van der Waals surface area (Å²) in [4.78, 5) is 20.9. The number of nitrogens with one attached hydrogen (secondary N) is 1. The quantitative estimate of drug-likeness (QED) is 0.585. The Hall–Kier alpha value is -3.37. The van der Waals surface area contributed by atoms with Crippen molar-refractivity contribution < 1.29 is 9.53 Å². The molecule has 7 heteroatoms. The van der Waals surface area contributed by atoms with Gasteiger partial charge in [0.25, 0.3) is 0 Å². The standard InChI is InChI=1S/C22H20N4O2S/c1-15-9-11-24-20(13-15)26-21(27)10-12-29-22-17(14-23)5-8-19(25-22)16-3-6-18(28-2)7-4-16/h3-9,11,13H,10,12H2,1-2H3,(H,24,26,27). The maximum atomic E-state index is 12.2. The predicted octanol–water partition coefficient (Wildman–Crippen LogP) is 4.45. The monoisotopic (exact) mass is 404 g/mol. The largest absolute Gasteiger partial charge is 0.497 e. The van der Waals surface area contributed by atoms with Gasteiger partial charge >= 0.3 is 0 Å². The first kappa shape index (κ1) is 20.4. The molecule has 1 amide bonds. The highest BCUT2D eigenvalue weighted by Gasteiger charge is 2.10. The van der Waals surface area contributed by atoms with E-state index in [4.69, 9.17) is 4.74 Å². The van der Waals surface area contributed by atoms with Crippen molar-refractivity contribution in [1.29, 1.82) is 5.26 Å². The molecule has 0 saturated heterocycles. The normalized spacial score (nSPS) is 10.2. The smallest absolute Gasteiger partial charge is 0.226 e. The number of hydrogen-bond donors (Lipinski definition) is 1. The third-order valence-electron chi connectivity index (χ3n) is 4.12. The van der Waals surface area contributed by atoms with Gasteiger partial charge in [0.05, 0.1) is 18.4 Å². The molecule has 2 heterocycles. The van der Waals surface area contributed by atoms with Gasteiger partial charge in [-0.3, -0.25) is 4.79 Å². The van der Waals surface area contributed by atoms with Crippen LogP contribution in [0.1, 0.15) is 17.5 Å². The molecule has 29 heavy (non-hydrogen) atoms. The van der Waals surface area contributed by atoms with Crippen LogP contribution in [0.4, 0.5) is 5.82 Å². The van der Waals surface area contributed by atoms with Crippen LogP contribution in [0.2, 0.25) is 0 Å². The van der Waals surface area contributed by atoms with Crippen LogP contribution < -0.4 is 10.1 Å². The Balaban J connectivity index is 1.64. The summed E-state index contributed by atoms with van der Waals surface area (Å²) in [6.07, 6.45) is 1.95. The van der Waals surface area contributed by atoms with Gasteiger partial charge in [-0.2, -0.15) is 5.26 Å². The van der Waals surface area contributed by atoms with Crippen LogP contribution in [0.15, 0.2) is 59.8 Å². The van der Waals surface area contributed by atoms with Gasteiger partial charge in [-0.25, -0.2) is 9.97 Å². The molecule has 0 radical (unpaired) electrons. The number of carbonyl (C=O) groups is 1. The lowest BCUT2D eigenvalue weighted by atomic mass is 10.1. The maximum Gasteiger partial charge on any atom is 0.226 e. The average molecular weight is 404 g/mol. The van der Waals surface area contributed by atoms with E-state index >= 15 is 0 Å². The number of aromatic nitrogens is 2. The molecule has 0 saturated carbocycles. The molecule has 1 aromatic carbocycles. The topological polar surface area (TPSA) is 87.9 Å². The molecule has 0 spiro atoms. The van der Waals surface area contributed by atoms with E-state index in [0.29, 0.717) is 28.6 Å². The summed E-state index contributed by atoms with van der Waals surface area (Å²) in [6, 6.07) is 17.0. The van der Waals surface area contributed by atoms with E-state index in [9.17, 15) is 10.1 Å². The van der Waals surface area contributed by atoms with Gasteiger partial charge in [0.1, 0.15) is 22.7 Å². The Morgan fingerprint density at radius 1 is 1.21 bits per heavy atom. The summed E-state index contributed by atoms with van der Waals surface area (Å²) >= 11 is 1.39. The number of rotatable bonds is 7. The molecule has 3 aromatic rings. The summed E-state index contributed by atoms with van der Waals surface area (Å²) < 4.78 is 5.18. The Morgan fingerprint density at radius 2 is 2.00 bits per heavy atom. The average Bonchev–Trinajstić information content (AvgIpc) is 2.74. The van der Waals surface area contributed by atoms with Crippen molar-refractivity contribution in [2.45, 2.75) is 18.4 Å². The molecule has 3 rings (SSSR count). The van der Waals surface area contributed by atoms with E-state index in [-0.39, 0.29) is 5.91 Å². The van der Waals surface area contributed by atoms with Crippen LogP contribution in [-0.4, -0.2) is 28.7 Å². The predicted molar refractivity (Wildman–Crippen MR) is 114 cm³/mol. The highest BCUT2D eigenvalue weighted by molar-refractivity contribution is 7.99. The van der Waals surface area contributed by atoms with E-state index < -0.39 is 0 Å². The second kappa shape index (κ2) is 9.71. The number of pyridine rings is 2. The zero-order valence-electron chi connectivity index (χ0n) is 16.2. The van der Waals surface area contributed by atoms with Crippen LogP contribution in [0, 0.1) is 18.3 Å². The van der Waals surface area contributed by atoms with Crippen molar-refractivity contribution in [3.05, 3.63) is 65.9 Å². The molecular formula is C22H20N4O2S. The molecule has 0 atom stereocenters. The van der Waals surface area contributed by atoms with Gasteiger partial charge in [0, 0.05) is 23.9 Å². The maximum absolute atomic E-state index is 12.2. The Kier molecular flexibility index (Phi) is 6.82. The van der Waals surface area contributed by atoms with Gasteiger partial charge in [-0.05, 0) is 61.0 Å². The van der Waals surface area contributed by atoms with Crippen molar-refractivity contribution in [3.63, 3.8) is 0 Å². The first-order chi connectivity index (χ1) is 14.1. The lowest BCUT2D eigenvalue weighted by molar-refractivity contribution is -0.115. The first-order valence-electron chi connectivity index (χ1n) is 9.00. The molecule has 0 aliphatic carbocycles. The number of anilines is 1. The second-order valence-corrected chi connectivity index (χ2v) is 7.34. The molecule has 0 aliphatic heterocycles. The fraction of sp³-hybridized carbons (Fsp3) is 0.182. The summed E-state index contributed by atoms with van der Waals surface area (Å²) in [5.41, 5.74) is 3.22. The van der Waals surface area contributed by atoms with Crippen molar-refractivity contribution in [3.8, 4) is 23.1 Å². The van der Waals surface area contributed by atoms with Crippen LogP contribution >= 0.6 is 11.8 Å². The number of thioether (sulfide) groups is 1. The molecule has 1 N–H and O–H groups in total. The molecule has 146 valence electrons. The SMILES string of the molecule is COc1ccc(-c2ccc(C#N)c(SCCC(=O)Nc3cc(C)ccn3)n2)cc1. The van der Waals surface area contributed by atoms with Gasteiger partial charge in [-0.15, -0.1) is 11.8 Å². The molecule has 6 nitrogen and oxygen atoms in total. The van der Waals surface area contributed by atoms with Crippen molar-refractivity contribution in [2.75, 3.05) is 18.2 Å². The number of methoxy groups -OCH3 is 1. The minimum atomic E-state index is -0.125. The number of aryl methyl sites for hydroxylation is 1. The summed E-state index contributed by atoms with van der Waals surface area (Å²) in [6.45, 7) is 1.94. The fourth-order valence-electron chi connectivity index (χ4n) is 2.61. The molecule has 0 aliphatic rings. The van der Waals surface area contributed by atoms with Gasteiger partial charge in [0.2, 0.25) is 5.91 Å². The van der Waals surface area contributed by atoms with Gasteiger partial charge in [0.15, 0.2) is 0 Å². The summed E-state index contributed by atoms with van der Waals surface area (Å²) in [5, 5.41) is 12.8. The summed E-state index contributed by atoms with van der Waals surface area (Å²) in [5.74, 6) is 1.69. The number of carbonyl (C=O) groups excluding carboxylic acids is 1. The molecule has 0 fully saturated rings. The Morgan fingerprint density at radius 3 is 2.69 bits per heavy atom. The minimum absolute atomic E-state index is 0.125. The molecule has 0 unspecified atom stereocenters. The van der Waals surface area contributed by atoms with E-state index in [1.807, 2.05) is 49.4 Å². The van der Waals surface area contributed by atoms with Crippen LogP contribution in [0.25, 0.3) is 11.3 Å². The first-order valence-corrected chi connectivity index (χ1v) is 9.98. The van der Waals surface area contributed by atoms with Crippen LogP contribution in [-0.2, 0) is 4.79 Å². The van der Waals surface area contributed by atoms with E-state index in [2.05, 4.69) is 21.4 Å². The lowest BCUT2D eigenvalue weighted by Gasteiger charge is -2.08. The summed E-state index contributed by atoms with van der Waals surface area (Å²) in [7, 11) is 1.62. The van der Waals surface area contributed by atoms with E-state index in [1.54, 1.807) is 19.4 Å². The highest BCUT2D eigenvalue weighted by Crippen LogP contribution is 2.27. The zero-order valence-corrected chi connectivity index (χ0v) is 17.0. The number of ether oxygens (including phenoxy) is 1. The Bertz CT molecular complexity index is 1050. The van der Waals surface area contributed by atoms with Crippen molar-refractivity contribution in [2.24, 2.45) is 0 Å². The highest BCUT2D eigenvalue weighted by atomic mass is 32.2. The lowest BCUT2D eigenvalue weighted by Crippen LogP contribution is -2.13.